The molecule has 6 heteroatoms. The van der Waals surface area contributed by atoms with Gasteiger partial charge in [0.25, 0.3) is 0 Å². The molecule has 0 amide bonds. The first-order valence-electron chi connectivity index (χ1n) is 7.08. The molecule has 1 aromatic carbocycles. The summed E-state index contributed by atoms with van der Waals surface area (Å²) in [5, 5.41) is 3.72. The molecular weight excluding hydrogens is 305 g/mol. The van der Waals surface area contributed by atoms with Crippen molar-refractivity contribution in [3.8, 4) is 0 Å². The lowest BCUT2D eigenvalue weighted by Gasteiger charge is -2.12. The molecule has 0 aliphatic heterocycles. The van der Waals surface area contributed by atoms with E-state index in [2.05, 4.69) is 15.3 Å². The van der Waals surface area contributed by atoms with Gasteiger partial charge in [-0.2, -0.15) is 0 Å². The number of anilines is 1. The molecule has 2 rings (SSSR count). The number of rotatable bonds is 6. The van der Waals surface area contributed by atoms with Crippen LogP contribution in [0, 0.1) is 12.7 Å². The van der Waals surface area contributed by atoms with Crippen molar-refractivity contribution in [3.63, 3.8) is 0 Å². The van der Waals surface area contributed by atoms with Crippen molar-refractivity contribution in [1.29, 1.82) is 0 Å². The molecule has 4 nitrogen and oxygen atoms in total. The van der Waals surface area contributed by atoms with E-state index in [4.69, 9.17) is 16.3 Å². The third-order valence-corrected chi connectivity index (χ3v) is 3.60. The van der Waals surface area contributed by atoms with E-state index in [1.165, 1.54) is 6.07 Å². The van der Waals surface area contributed by atoms with Crippen LogP contribution in [0.5, 0.6) is 0 Å². The number of nitrogens with zero attached hydrogens (tertiary/aromatic N) is 2. The molecule has 1 aromatic heterocycles. The predicted octanol–water partition coefficient (Wildman–Crippen LogP) is 3.90. The lowest BCUT2D eigenvalue weighted by molar-refractivity contribution is 0.181. The number of nitrogens with one attached hydrogen (secondary N) is 1. The minimum absolute atomic E-state index is 0.248. The maximum Gasteiger partial charge on any atom is 0.138 e. The molecule has 0 spiro atoms. The molecule has 2 aromatic rings. The first-order valence-corrected chi connectivity index (χ1v) is 7.46. The van der Waals surface area contributed by atoms with E-state index in [0.717, 1.165) is 23.4 Å². The smallest absolute Gasteiger partial charge is 0.138 e. The Bertz CT molecular complexity index is 664. The van der Waals surface area contributed by atoms with E-state index < -0.39 is 0 Å². The fourth-order valence-corrected chi connectivity index (χ4v) is 2.56. The molecule has 0 saturated heterocycles. The molecule has 1 heterocycles. The van der Waals surface area contributed by atoms with Gasteiger partial charge >= 0.3 is 0 Å². The first kappa shape index (κ1) is 16.6. The molecule has 0 aliphatic rings. The van der Waals surface area contributed by atoms with Gasteiger partial charge in [0.2, 0.25) is 0 Å². The standard InChI is InChI=1S/C16H19ClFN3O/c1-4-13-15(17)20-10(2)21-16(13)19-8-11-5-6-14(18)12(7-11)9-22-3/h5-7H,4,8-9H2,1-3H3,(H,19,20,21). The maximum absolute atomic E-state index is 13.6. The SMILES string of the molecule is CCc1c(Cl)nc(C)nc1NCc1ccc(F)c(COC)c1. The number of halogens is 2. The zero-order valence-corrected chi connectivity index (χ0v) is 13.7. The molecule has 0 saturated carbocycles. The van der Waals surface area contributed by atoms with Crippen LogP contribution in [0.1, 0.15) is 29.4 Å². The second-order valence-electron chi connectivity index (χ2n) is 4.95. The van der Waals surface area contributed by atoms with E-state index in [9.17, 15) is 4.39 Å². The number of ether oxygens (including phenoxy) is 1. The van der Waals surface area contributed by atoms with Crippen LogP contribution in [-0.4, -0.2) is 17.1 Å². The highest BCUT2D eigenvalue weighted by molar-refractivity contribution is 6.30. The highest BCUT2D eigenvalue weighted by Gasteiger charge is 2.10. The van der Waals surface area contributed by atoms with Crippen molar-refractivity contribution in [2.24, 2.45) is 0 Å². The Balaban J connectivity index is 2.18. The van der Waals surface area contributed by atoms with Gasteiger partial charge in [-0.3, -0.25) is 0 Å². The Kier molecular flexibility index (Phi) is 5.69. The third kappa shape index (κ3) is 3.93. The summed E-state index contributed by atoms with van der Waals surface area (Å²) in [7, 11) is 1.55. The Morgan fingerprint density at radius 1 is 1.32 bits per heavy atom. The average Bonchev–Trinajstić information content (AvgIpc) is 2.48. The predicted molar refractivity (Wildman–Crippen MR) is 85.6 cm³/mol. The van der Waals surface area contributed by atoms with Crippen LogP contribution in [0.25, 0.3) is 0 Å². The molecule has 1 N–H and O–H groups in total. The molecule has 0 unspecified atom stereocenters. The topological polar surface area (TPSA) is 47.0 Å². The van der Waals surface area contributed by atoms with Crippen molar-refractivity contribution < 1.29 is 9.13 Å². The molecule has 118 valence electrons. The van der Waals surface area contributed by atoms with Crippen LogP contribution in [0.4, 0.5) is 10.2 Å². The first-order chi connectivity index (χ1) is 10.5. The molecule has 0 bridgehead atoms. The molecule has 22 heavy (non-hydrogen) atoms. The van der Waals surface area contributed by atoms with Crippen LogP contribution < -0.4 is 5.32 Å². The summed E-state index contributed by atoms with van der Waals surface area (Å²) in [6, 6.07) is 4.97. The van der Waals surface area contributed by atoms with Crippen LogP contribution in [0.3, 0.4) is 0 Å². The van der Waals surface area contributed by atoms with Gasteiger partial charge in [-0.05, 0) is 31.0 Å². The second kappa shape index (κ2) is 7.51. The lowest BCUT2D eigenvalue weighted by Crippen LogP contribution is -2.08. The minimum Gasteiger partial charge on any atom is -0.380 e. The Hall–Kier alpha value is -1.72. The summed E-state index contributed by atoms with van der Waals surface area (Å²) in [5.41, 5.74) is 2.36. The second-order valence-corrected chi connectivity index (χ2v) is 5.31. The van der Waals surface area contributed by atoms with Gasteiger partial charge in [0.05, 0.1) is 6.61 Å². The summed E-state index contributed by atoms with van der Waals surface area (Å²) in [6.45, 7) is 4.57. The Morgan fingerprint density at radius 2 is 2.09 bits per heavy atom. The number of methoxy groups -OCH3 is 1. The molecular formula is C16H19ClFN3O. The molecule has 0 atom stereocenters. The average molecular weight is 324 g/mol. The lowest BCUT2D eigenvalue weighted by atomic mass is 10.1. The van der Waals surface area contributed by atoms with Gasteiger partial charge in [0, 0.05) is 24.8 Å². The van der Waals surface area contributed by atoms with E-state index in [-0.39, 0.29) is 12.4 Å². The highest BCUT2D eigenvalue weighted by Crippen LogP contribution is 2.22. The van der Waals surface area contributed by atoms with Crippen molar-refractivity contribution in [2.75, 3.05) is 12.4 Å². The molecule has 0 fully saturated rings. The summed E-state index contributed by atoms with van der Waals surface area (Å²) >= 11 is 6.15. The number of benzene rings is 1. The number of aromatic nitrogens is 2. The van der Waals surface area contributed by atoms with Crippen LogP contribution in [0.15, 0.2) is 18.2 Å². The van der Waals surface area contributed by atoms with Gasteiger partial charge in [0.1, 0.15) is 22.6 Å². The van der Waals surface area contributed by atoms with E-state index >= 15 is 0 Å². The molecule has 0 aliphatic carbocycles. The summed E-state index contributed by atoms with van der Waals surface area (Å²) in [6.07, 6.45) is 0.736. The Morgan fingerprint density at radius 3 is 2.77 bits per heavy atom. The van der Waals surface area contributed by atoms with Gasteiger partial charge in [-0.1, -0.05) is 24.6 Å². The monoisotopic (exact) mass is 323 g/mol. The van der Waals surface area contributed by atoms with E-state index in [0.29, 0.717) is 23.1 Å². The summed E-state index contributed by atoms with van der Waals surface area (Å²) in [5.74, 6) is 1.07. The van der Waals surface area contributed by atoms with Gasteiger partial charge < -0.3 is 10.1 Å². The van der Waals surface area contributed by atoms with E-state index in [1.807, 2.05) is 6.92 Å². The number of aryl methyl sites for hydroxylation is 1. The van der Waals surface area contributed by atoms with Crippen molar-refractivity contribution >= 4 is 17.4 Å². The number of hydrogen-bond donors (Lipinski definition) is 1. The highest BCUT2D eigenvalue weighted by atomic mass is 35.5. The quantitative estimate of drug-likeness (QED) is 0.819. The van der Waals surface area contributed by atoms with Crippen molar-refractivity contribution in [1.82, 2.24) is 9.97 Å². The van der Waals surface area contributed by atoms with E-state index in [1.54, 1.807) is 26.2 Å². The number of hydrogen-bond acceptors (Lipinski definition) is 4. The van der Waals surface area contributed by atoms with Crippen LogP contribution >= 0.6 is 11.6 Å². The van der Waals surface area contributed by atoms with Gasteiger partial charge in [-0.25, -0.2) is 14.4 Å². The summed E-state index contributed by atoms with van der Waals surface area (Å²) < 4.78 is 18.6. The Labute approximate surface area is 134 Å². The van der Waals surface area contributed by atoms with Gasteiger partial charge in [0.15, 0.2) is 0 Å². The zero-order valence-electron chi connectivity index (χ0n) is 12.9. The summed E-state index contributed by atoms with van der Waals surface area (Å²) in [4.78, 5) is 8.55. The maximum atomic E-state index is 13.6. The third-order valence-electron chi connectivity index (χ3n) is 3.29. The minimum atomic E-state index is -0.263. The largest absolute Gasteiger partial charge is 0.380 e. The fraction of sp³-hybridized carbons (Fsp3) is 0.375. The molecule has 0 radical (unpaired) electrons. The van der Waals surface area contributed by atoms with Crippen LogP contribution in [0.2, 0.25) is 5.15 Å². The normalized spacial score (nSPS) is 10.8. The van der Waals surface area contributed by atoms with Crippen LogP contribution in [-0.2, 0) is 24.3 Å². The zero-order chi connectivity index (χ0) is 16.1. The van der Waals surface area contributed by atoms with Gasteiger partial charge in [-0.15, -0.1) is 0 Å². The van der Waals surface area contributed by atoms with Crippen molar-refractivity contribution in [2.45, 2.75) is 33.4 Å². The van der Waals surface area contributed by atoms with Crippen molar-refractivity contribution in [3.05, 3.63) is 51.7 Å². The fourth-order valence-electron chi connectivity index (χ4n) is 2.21.